The van der Waals surface area contributed by atoms with Crippen LogP contribution in [0.15, 0.2) is 18.2 Å². The molecule has 0 radical (unpaired) electrons. The Hall–Kier alpha value is -1.88. The number of ketones is 1. The van der Waals surface area contributed by atoms with Crippen LogP contribution in [-0.4, -0.2) is 29.1 Å². The average Bonchev–Trinajstić information content (AvgIpc) is 2.48. The molecular weight excluding hydrogens is 280 g/mol. The summed E-state index contributed by atoms with van der Waals surface area (Å²) in [5.41, 5.74) is 1.95. The van der Waals surface area contributed by atoms with Crippen LogP contribution in [0.3, 0.4) is 0 Å². The fourth-order valence-corrected chi connectivity index (χ4v) is 2.72. The van der Waals surface area contributed by atoms with Gasteiger partial charge in [0.25, 0.3) is 0 Å². The van der Waals surface area contributed by atoms with Gasteiger partial charge in [-0.2, -0.15) is 0 Å². The second-order valence-electron chi connectivity index (χ2n) is 6.12. The van der Waals surface area contributed by atoms with Crippen molar-refractivity contribution in [2.24, 2.45) is 0 Å². The first-order valence-electron chi connectivity index (χ1n) is 7.83. The van der Waals surface area contributed by atoms with Crippen LogP contribution in [0.2, 0.25) is 0 Å². The van der Waals surface area contributed by atoms with Crippen LogP contribution in [0.25, 0.3) is 0 Å². The van der Waals surface area contributed by atoms with Crippen molar-refractivity contribution < 1.29 is 14.7 Å². The third-order valence-electron chi connectivity index (χ3n) is 4.38. The predicted octanol–water partition coefficient (Wildman–Crippen LogP) is 2.88. The minimum Gasteiger partial charge on any atom is -0.396 e. The number of fused-ring (bicyclic) bond motifs is 1. The van der Waals surface area contributed by atoms with Gasteiger partial charge in [0.1, 0.15) is 0 Å². The van der Waals surface area contributed by atoms with Crippen LogP contribution in [0.4, 0.5) is 10.5 Å². The number of Topliss-reactive ketones (excluding diaryl/α,β-unsaturated/α-hetero) is 1. The number of amides is 2. The molecular formula is C17H24N2O3. The fraction of sp³-hybridized carbons (Fsp3) is 0.529. The molecule has 2 rings (SSSR count). The van der Waals surface area contributed by atoms with Crippen LogP contribution >= 0.6 is 0 Å². The number of benzene rings is 1. The van der Waals surface area contributed by atoms with E-state index in [4.69, 9.17) is 5.11 Å². The molecule has 2 amide bonds. The molecule has 0 aliphatic heterocycles. The van der Waals surface area contributed by atoms with Crippen molar-refractivity contribution in [2.75, 3.05) is 11.9 Å². The third-order valence-corrected chi connectivity index (χ3v) is 4.38. The minimum absolute atomic E-state index is 0.0258. The Morgan fingerprint density at radius 3 is 2.82 bits per heavy atom. The lowest BCUT2D eigenvalue weighted by Crippen LogP contribution is -2.48. The lowest BCUT2D eigenvalue weighted by Gasteiger charge is -2.29. The summed E-state index contributed by atoms with van der Waals surface area (Å²) in [5, 5.41) is 14.8. The highest BCUT2D eigenvalue weighted by atomic mass is 16.3. The number of anilines is 1. The summed E-state index contributed by atoms with van der Waals surface area (Å²) in [6, 6.07) is 5.17. The number of rotatable bonds is 5. The van der Waals surface area contributed by atoms with Crippen molar-refractivity contribution in [2.45, 2.75) is 51.5 Å². The van der Waals surface area contributed by atoms with Crippen molar-refractivity contribution in [1.82, 2.24) is 5.32 Å². The molecule has 1 unspecified atom stereocenters. The van der Waals surface area contributed by atoms with E-state index in [1.54, 1.807) is 6.07 Å². The Labute approximate surface area is 131 Å². The molecule has 0 fully saturated rings. The van der Waals surface area contributed by atoms with E-state index in [9.17, 15) is 9.59 Å². The smallest absolute Gasteiger partial charge is 0.319 e. The fourth-order valence-electron chi connectivity index (χ4n) is 2.72. The van der Waals surface area contributed by atoms with Gasteiger partial charge >= 0.3 is 6.03 Å². The first-order chi connectivity index (χ1) is 10.5. The maximum atomic E-state index is 12.1. The molecule has 0 bridgehead atoms. The molecule has 5 nitrogen and oxygen atoms in total. The maximum Gasteiger partial charge on any atom is 0.319 e. The Morgan fingerprint density at radius 2 is 2.14 bits per heavy atom. The van der Waals surface area contributed by atoms with Gasteiger partial charge in [-0.25, -0.2) is 4.79 Å². The van der Waals surface area contributed by atoms with Crippen LogP contribution in [0, 0.1) is 0 Å². The van der Waals surface area contributed by atoms with Crippen molar-refractivity contribution in [1.29, 1.82) is 0 Å². The molecule has 5 heteroatoms. The lowest BCUT2D eigenvalue weighted by atomic mass is 9.90. The Kier molecular flexibility index (Phi) is 5.19. The van der Waals surface area contributed by atoms with Crippen molar-refractivity contribution in [3.05, 3.63) is 29.3 Å². The van der Waals surface area contributed by atoms with Crippen LogP contribution in [0.1, 0.15) is 55.5 Å². The highest BCUT2D eigenvalue weighted by Gasteiger charge is 2.24. The van der Waals surface area contributed by atoms with Crippen molar-refractivity contribution >= 4 is 17.5 Å². The number of hydrogen-bond acceptors (Lipinski definition) is 3. The van der Waals surface area contributed by atoms with Crippen LogP contribution < -0.4 is 10.6 Å². The van der Waals surface area contributed by atoms with Gasteiger partial charge in [-0.15, -0.1) is 0 Å². The number of aliphatic hydroxyl groups is 1. The maximum absolute atomic E-state index is 12.1. The molecule has 3 N–H and O–H groups in total. The first kappa shape index (κ1) is 16.5. The Balaban J connectivity index is 2.06. The predicted molar refractivity (Wildman–Crippen MR) is 86.3 cm³/mol. The summed E-state index contributed by atoms with van der Waals surface area (Å²) in [4.78, 5) is 24.1. The van der Waals surface area contributed by atoms with Crippen LogP contribution in [-0.2, 0) is 6.42 Å². The second-order valence-corrected chi connectivity index (χ2v) is 6.12. The molecule has 1 aromatic carbocycles. The normalized spacial score (nSPS) is 16.6. The van der Waals surface area contributed by atoms with Gasteiger partial charge in [0, 0.05) is 29.8 Å². The highest BCUT2D eigenvalue weighted by Crippen LogP contribution is 2.24. The summed E-state index contributed by atoms with van der Waals surface area (Å²) < 4.78 is 0. The van der Waals surface area contributed by atoms with E-state index in [1.165, 1.54) is 0 Å². The molecule has 120 valence electrons. The SMILES string of the molecule is CCC(C)(CCO)NC(=O)Nc1ccc2c(c1)C(=O)CCC2. The highest BCUT2D eigenvalue weighted by molar-refractivity contribution is 6.00. The summed E-state index contributed by atoms with van der Waals surface area (Å²) in [7, 11) is 0. The van der Waals surface area contributed by atoms with Crippen LogP contribution in [0.5, 0.6) is 0 Å². The zero-order valence-electron chi connectivity index (χ0n) is 13.2. The molecule has 1 aromatic rings. The molecule has 1 aliphatic rings. The first-order valence-corrected chi connectivity index (χ1v) is 7.83. The number of hydrogen-bond donors (Lipinski definition) is 3. The molecule has 0 heterocycles. The summed E-state index contributed by atoms with van der Waals surface area (Å²) in [6.07, 6.45) is 3.61. The van der Waals surface area contributed by atoms with Gasteiger partial charge in [0.05, 0.1) is 0 Å². The Bertz CT molecular complexity index is 571. The number of carbonyl (C=O) groups excluding carboxylic acids is 2. The van der Waals surface area contributed by atoms with Gasteiger partial charge in [-0.1, -0.05) is 13.0 Å². The molecule has 0 saturated carbocycles. The number of aliphatic hydroxyl groups excluding tert-OH is 1. The molecule has 22 heavy (non-hydrogen) atoms. The van der Waals surface area contributed by atoms with E-state index in [-0.39, 0.29) is 18.4 Å². The zero-order chi connectivity index (χ0) is 16.2. The van der Waals surface area contributed by atoms with E-state index in [2.05, 4.69) is 10.6 Å². The second kappa shape index (κ2) is 6.92. The standard InChI is InChI=1S/C17H24N2O3/c1-3-17(2,9-10-20)19-16(22)18-13-8-7-12-5-4-6-15(21)14(12)11-13/h7-8,11,20H,3-6,9-10H2,1-2H3,(H2,18,19,22). The number of urea groups is 1. The number of carbonyl (C=O) groups is 2. The van der Waals surface area contributed by atoms with Crippen molar-refractivity contribution in [3.8, 4) is 0 Å². The van der Waals surface area contributed by atoms with E-state index >= 15 is 0 Å². The molecule has 0 aromatic heterocycles. The summed E-state index contributed by atoms with van der Waals surface area (Å²) in [6.45, 7) is 3.89. The minimum atomic E-state index is -0.442. The van der Waals surface area contributed by atoms with E-state index in [1.807, 2.05) is 26.0 Å². The monoisotopic (exact) mass is 304 g/mol. The molecule has 0 saturated heterocycles. The van der Waals surface area contributed by atoms with Gasteiger partial charge in [0.15, 0.2) is 5.78 Å². The van der Waals surface area contributed by atoms with Gasteiger partial charge < -0.3 is 15.7 Å². The molecule has 0 spiro atoms. The average molecular weight is 304 g/mol. The summed E-state index contributed by atoms with van der Waals surface area (Å²) in [5.74, 6) is 0.143. The lowest BCUT2D eigenvalue weighted by molar-refractivity contribution is 0.0972. The largest absolute Gasteiger partial charge is 0.396 e. The number of aryl methyl sites for hydroxylation is 1. The topological polar surface area (TPSA) is 78.4 Å². The van der Waals surface area contributed by atoms with Gasteiger partial charge in [0.2, 0.25) is 0 Å². The van der Waals surface area contributed by atoms with Crippen molar-refractivity contribution in [3.63, 3.8) is 0 Å². The van der Waals surface area contributed by atoms with Gasteiger partial charge in [-0.3, -0.25) is 4.79 Å². The van der Waals surface area contributed by atoms with E-state index in [0.29, 0.717) is 18.5 Å². The van der Waals surface area contributed by atoms with E-state index in [0.717, 1.165) is 30.4 Å². The number of nitrogens with one attached hydrogen (secondary N) is 2. The zero-order valence-corrected chi connectivity index (χ0v) is 13.2. The third kappa shape index (κ3) is 3.85. The van der Waals surface area contributed by atoms with Gasteiger partial charge in [-0.05, 0) is 50.3 Å². The molecule has 1 aliphatic carbocycles. The summed E-state index contributed by atoms with van der Waals surface area (Å²) >= 11 is 0. The Morgan fingerprint density at radius 1 is 1.36 bits per heavy atom. The quantitative estimate of drug-likeness (QED) is 0.782. The van der Waals surface area contributed by atoms with E-state index < -0.39 is 5.54 Å². The molecule has 1 atom stereocenters.